The van der Waals surface area contributed by atoms with E-state index in [-0.39, 0.29) is 17.3 Å². The van der Waals surface area contributed by atoms with Crippen LogP contribution >= 0.6 is 0 Å². The topological polar surface area (TPSA) is 60.2 Å². The molecule has 1 rings (SSSR count). The van der Waals surface area contributed by atoms with Gasteiger partial charge in [-0.05, 0) is 18.9 Å². The van der Waals surface area contributed by atoms with Crippen LogP contribution in [0, 0.1) is 27.7 Å². The summed E-state index contributed by atoms with van der Waals surface area (Å²) in [7, 11) is 0. The van der Waals surface area contributed by atoms with E-state index in [1.54, 1.807) is 13.8 Å². The zero-order valence-electron chi connectivity index (χ0n) is 10.2. The van der Waals surface area contributed by atoms with Crippen LogP contribution in [-0.2, 0) is 4.79 Å². The van der Waals surface area contributed by atoms with Crippen molar-refractivity contribution in [3.8, 4) is 0 Å². The highest BCUT2D eigenvalue weighted by Gasteiger charge is 2.31. The van der Waals surface area contributed by atoms with Crippen LogP contribution in [0.1, 0.15) is 32.3 Å². The Hall–Kier alpha value is -1.85. The van der Waals surface area contributed by atoms with Crippen molar-refractivity contribution in [2.45, 2.75) is 26.7 Å². The highest BCUT2D eigenvalue weighted by atomic mass is 19.1. The van der Waals surface area contributed by atoms with Crippen molar-refractivity contribution in [1.82, 2.24) is 0 Å². The molecule has 1 atom stereocenters. The average molecular weight is 257 g/mol. The summed E-state index contributed by atoms with van der Waals surface area (Å²) in [4.78, 5) is 21.4. The number of nitro groups is 1. The maximum atomic E-state index is 13.5. The predicted octanol–water partition coefficient (Wildman–Crippen LogP) is 3.20. The van der Waals surface area contributed by atoms with Gasteiger partial charge in [0.05, 0.1) is 10.8 Å². The minimum Gasteiger partial charge on any atom is -0.299 e. The Kier molecular flexibility index (Phi) is 4.11. The number of hydrogen-bond acceptors (Lipinski definition) is 3. The van der Waals surface area contributed by atoms with E-state index in [0.29, 0.717) is 6.07 Å². The fourth-order valence-corrected chi connectivity index (χ4v) is 2.06. The Balaban J connectivity index is 3.55. The van der Waals surface area contributed by atoms with Crippen LogP contribution in [0.3, 0.4) is 0 Å². The molecule has 0 saturated heterocycles. The van der Waals surface area contributed by atoms with Gasteiger partial charge in [0.2, 0.25) is 5.82 Å². The summed E-state index contributed by atoms with van der Waals surface area (Å²) in [5.74, 6) is -3.74. The minimum absolute atomic E-state index is 0.208. The van der Waals surface area contributed by atoms with Gasteiger partial charge in [0, 0.05) is 11.6 Å². The van der Waals surface area contributed by atoms with E-state index in [1.807, 2.05) is 0 Å². The Bertz CT molecular complexity index is 500. The molecule has 0 saturated carbocycles. The molecule has 0 heterocycles. The molecule has 0 aromatic heterocycles. The molecular formula is C12H13F2NO3. The average Bonchev–Trinajstić information content (AvgIpc) is 2.13. The van der Waals surface area contributed by atoms with E-state index in [9.17, 15) is 23.7 Å². The molecule has 98 valence electrons. The van der Waals surface area contributed by atoms with Crippen LogP contribution in [0.2, 0.25) is 0 Å². The molecule has 1 aromatic carbocycles. The predicted molar refractivity (Wildman–Crippen MR) is 61.3 cm³/mol. The Morgan fingerprint density at radius 3 is 2.28 bits per heavy atom. The minimum atomic E-state index is -1.26. The first-order valence-corrected chi connectivity index (χ1v) is 5.39. The standard InChI is InChI=1S/C12H13F2NO3/c1-6(2)11(7(3)16)9-4-8(13)5-10(14)12(9)15(17)18/h4-6,11H,1-3H3. The van der Waals surface area contributed by atoms with Gasteiger partial charge < -0.3 is 0 Å². The molecule has 0 aliphatic rings. The molecule has 0 radical (unpaired) electrons. The highest BCUT2D eigenvalue weighted by Crippen LogP contribution is 2.35. The lowest BCUT2D eigenvalue weighted by atomic mass is 9.84. The molecule has 18 heavy (non-hydrogen) atoms. The Labute approximate surface area is 103 Å². The molecule has 0 bridgehead atoms. The largest absolute Gasteiger partial charge is 0.308 e. The fraction of sp³-hybridized carbons (Fsp3) is 0.417. The number of ketones is 1. The zero-order valence-corrected chi connectivity index (χ0v) is 10.2. The maximum absolute atomic E-state index is 13.5. The molecule has 0 aliphatic carbocycles. The third kappa shape index (κ3) is 2.69. The third-order valence-corrected chi connectivity index (χ3v) is 2.68. The van der Waals surface area contributed by atoms with Crippen molar-refractivity contribution in [3.63, 3.8) is 0 Å². The quantitative estimate of drug-likeness (QED) is 0.614. The summed E-state index contributed by atoms with van der Waals surface area (Å²) in [5.41, 5.74) is -1.04. The molecule has 1 aromatic rings. The Morgan fingerprint density at radius 2 is 1.89 bits per heavy atom. The Morgan fingerprint density at radius 1 is 1.33 bits per heavy atom. The van der Waals surface area contributed by atoms with Gasteiger partial charge in [-0.2, -0.15) is 4.39 Å². The molecular weight excluding hydrogens is 244 g/mol. The maximum Gasteiger partial charge on any atom is 0.308 e. The van der Waals surface area contributed by atoms with Gasteiger partial charge in [-0.3, -0.25) is 14.9 Å². The number of benzene rings is 1. The van der Waals surface area contributed by atoms with E-state index >= 15 is 0 Å². The van der Waals surface area contributed by atoms with Crippen LogP contribution in [0.25, 0.3) is 0 Å². The molecule has 4 nitrogen and oxygen atoms in total. The second kappa shape index (κ2) is 5.20. The second-order valence-electron chi connectivity index (χ2n) is 4.41. The number of nitrogens with zero attached hydrogens (tertiary/aromatic N) is 1. The lowest BCUT2D eigenvalue weighted by Crippen LogP contribution is -2.17. The lowest BCUT2D eigenvalue weighted by Gasteiger charge is -2.18. The number of halogens is 2. The van der Waals surface area contributed by atoms with Crippen molar-refractivity contribution in [1.29, 1.82) is 0 Å². The fourth-order valence-electron chi connectivity index (χ4n) is 2.06. The first-order valence-electron chi connectivity index (χ1n) is 5.39. The molecule has 0 amide bonds. The van der Waals surface area contributed by atoms with Crippen LogP contribution in [0.4, 0.5) is 14.5 Å². The van der Waals surface area contributed by atoms with Gasteiger partial charge in [0.25, 0.3) is 0 Å². The van der Waals surface area contributed by atoms with Gasteiger partial charge in [0.1, 0.15) is 11.6 Å². The highest BCUT2D eigenvalue weighted by molar-refractivity contribution is 5.85. The molecule has 0 fully saturated rings. The van der Waals surface area contributed by atoms with Crippen molar-refractivity contribution in [2.24, 2.45) is 5.92 Å². The van der Waals surface area contributed by atoms with E-state index in [2.05, 4.69) is 0 Å². The summed E-state index contributed by atoms with van der Waals surface area (Å²) in [6.07, 6.45) is 0. The monoisotopic (exact) mass is 257 g/mol. The number of rotatable bonds is 4. The van der Waals surface area contributed by atoms with Crippen LogP contribution in [0.5, 0.6) is 0 Å². The number of Topliss-reactive ketones (excluding diaryl/α,β-unsaturated/α-hetero) is 1. The third-order valence-electron chi connectivity index (χ3n) is 2.68. The number of carbonyl (C=O) groups is 1. The van der Waals surface area contributed by atoms with E-state index < -0.39 is 28.2 Å². The summed E-state index contributed by atoms with van der Waals surface area (Å²) in [6.45, 7) is 4.58. The van der Waals surface area contributed by atoms with E-state index in [0.717, 1.165) is 6.07 Å². The smallest absolute Gasteiger partial charge is 0.299 e. The van der Waals surface area contributed by atoms with Crippen LogP contribution in [-0.4, -0.2) is 10.7 Å². The van der Waals surface area contributed by atoms with Crippen molar-refractivity contribution in [3.05, 3.63) is 39.4 Å². The van der Waals surface area contributed by atoms with Gasteiger partial charge in [0.15, 0.2) is 0 Å². The van der Waals surface area contributed by atoms with Crippen molar-refractivity contribution in [2.75, 3.05) is 0 Å². The molecule has 0 spiro atoms. The number of nitro benzene ring substituents is 1. The first-order chi connectivity index (χ1) is 8.25. The molecule has 0 aliphatic heterocycles. The van der Waals surface area contributed by atoms with Crippen molar-refractivity contribution >= 4 is 11.5 Å². The molecule has 0 N–H and O–H groups in total. The number of carbonyl (C=O) groups excluding carboxylic acids is 1. The van der Waals surface area contributed by atoms with Gasteiger partial charge in [-0.15, -0.1) is 0 Å². The lowest BCUT2D eigenvalue weighted by molar-refractivity contribution is -0.388. The SMILES string of the molecule is CC(=O)C(c1cc(F)cc(F)c1[N+](=O)[O-])C(C)C. The second-order valence-corrected chi connectivity index (χ2v) is 4.41. The van der Waals surface area contributed by atoms with Gasteiger partial charge >= 0.3 is 5.69 Å². The summed E-state index contributed by atoms with van der Waals surface area (Å²) < 4.78 is 26.6. The van der Waals surface area contributed by atoms with Crippen LogP contribution in [0.15, 0.2) is 12.1 Å². The van der Waals surface area contributed by atoms with Gasteiger partial charge in [-0.1, -0.05) is 13.8 Å². The summed E-state index contributed by atoms with van der Waals surface area (Å²) in [6, 6.07) is 1.30. The summed E-state index contributed by atoms with van der Waals surface area (Å²) in [5, 5.41) is 10.8. The van der Waals surface area contributed by atoms with Crippen LogP contribution < -0.4 is 0 Å². The molecule has 1 unspecified atom stereocenters. The molecule has 6 heteroatoms. The van der Waals surface area contributed by atoms with Gasteiger partial charge in [-0.25, -0.2) is 4.39 Å². The van der Waals surface area contributed by atoms with E-state index in [1.165, 1.54) is 6.92 Å². The first kappa shape index (κ1) is 14.2. The van der Waals surface area contributed by atoms with Crippen molar-refractivity contribution < 1.29 is 18.5 Å². The number of hydrogen-bond donors (Lipinski definition) is 0. The zero-order chi connectivity index (χ0) is 14.0. The van der Waals surface area contributed by atoms with E-state index in [4.69, 9.17) is 0 Å². The normalized spacial score (nSPS) is 12.6. The summed E-state index contributed by atoms with van der Waals surface area (Å²) >= 11 is 0.